The number of aryl methyl sites for hydroxylation is 2. The summed E-state index contributed by atoms with van der Waals surface area (Å²) in [5, 5.41) is 2.83. The molecule has 0 aliphatic heterocycles. The average Bonchev–Trinajstić information content (AvgIpc) is 3.28. The van der Waals surface area contributed by atoms with E-state index in [1.165, 1.54) is 36.0 Å². The van der Waals surface area contributed by atoms with Crippen LogP contribution in [-0.4, -0.2) is 30.7 Å². The Labute approximate surface area is 167 Å². The van der Waals surface area contributed by atoms with Gasteiger partial charge in [-0.25, -0.2) is 34.0 Å². The van der Waals surface area contributed by atoms with Crippen LogP contribution >= 0.6 is 11.3 Å². The maximum Gasteiger partial charge on any atom is 0.432 e. The molecule has 0 spiro atoms. The summed E-state index contributed by atoms with van der Waals surface area (Å²) in [7, 11) is 0. The molecule has 11 heteroatoms. The zero-order chi connectivity index (χ0) is 20.5. The predicted octanol–water partition coefficient (Wildman–Crippen LogP) is 4.25. The van der Waals surface area contributed by atoms with Crippen LogP contribution in [0.4, 0.5) is 13.6 Å². The Morgan fingerprint density at radius 1 is 1.28 bits per heavy atom. The molecular weight excluding hydrogens is 402 g/mol. The molecule has 0 saturated heterocycles. The van der Waals surface area contributed by atoms with Gasteiger partial charge in [0.15, 0.2) is 16.6 Å². The van der Waals surface area contributed by atoms with Crippen LogP contribution in [0, 0.1) is 13.8 Å². The number of thiazole rings is 1. The number of alkyl halides is 2. The van der Waals surface area contributed by atoms with Crippen LogP contribution in [0.1, 0.15) is 23.4 Å². The lowest BCUT2D eigenvalue weighted by Gasteiger charge is -2.10. The standard InChI is InChI=1S/C18H14F2N6O2S/c1-9-8-29-17(23-9)16-22-6-14(10(2)24-16)28-18(27)25-26-7-12(15(19)20)11-3-4-21-5-13(11)26/h3-8,15H,1-2H3,(H,25,27). The quantitative estimate of drug-likeness (QED) is 0.535. The number of fused-ring (bicyclic) bond motifs is 1. The number of ether oxygens (including phenoxy) is 1. The van der Waals surface area contributed by atoms with Crippen molar-refractivity contribution in [3.05, 3.63) is 53.2 Å². The molecule has 1 N–H and O–H groups in total. The maximum absolute atomic E-state index is 13.2. The second kappa shape index (κ2) is 7.51. The van der Waals surface area contributed by atoms with Crippen molar-refractivity contribution >= 4 is 28.3 Å². The third kappa shape index (κ3) is 3.76. The van der Waals surface area contributed by atoms with Crippen LogP contribution in [0.25, 0.3) is 21.7 Å². The summed E-state index contributed by atoms with van der Waals surface area (Å²) in [6.07, 6.45) is 1.71. The number of rotatable bonds is 4. The largest absolute Gasteiger partial charge is 0.432 e. The third-order valence-corrected chi connectivity index (χ3v) is 4.99. The summed E-state index contributed by atoms with van der Waals surface area (Å²) in [6.45, 7) is 3.53. The molecule has 29 heavy (non-hydrogen) atoms. The summed E-state index contributed by atoms with van der Waals surface area (Å²) in [4.78, 5) is 29.0. The molecule has 0 aliphatic carbocycles. The number of hydrogen-bond donors (Lipinski definition) is 1. The summed E-state index contributed by atoms with van der Waals surface area (Å²) in [6, 6.07) is 1.46. The molecule has 4 heterocycles. The average molecular weight is 416 g/mol. The first-order valence-corrected chi connectivity index (χ1v) is 9.28. The molecule has 1 amide bonds. The van der Waals surface area contributed by atoms with E-state index in [9.17, 15) is 13.6 Å². The zero-order valence-corrected chi connectivity index (χ0v) is 16.1. The Balaban J connectivity index is 1.54. The van der Waals surface area contributed by atoms with Gasteiger partial charge in [0, 0.05) is 34.4 Å². The van der Waals surface area contributed by atoms with Crippen molar-refractivity contribution in [1.29, 1.82) is 0 Å². The Morgan fingerprint density at radius 3 is 2.79 bits per heavy atom. The highest BCUT2D eigenvalue weighted by atomic mass is 32.1. The minimum Gasteiger partial charge on any atom is -0.406 e. The van der Waals surface area contributed by atoms with Gasteiger partial charge in [0.05, 0.1) is 23.6 Å². The van der Waals surface area contributed by atoms with E-state index < -0.39 is 12.5 Å². The normalized spacial score (nSPS) is 11.2. The molecule has 4 aromatic heterocycles. The van der Waals surface area contributed by atoms with E-state index in [4.69, 9.17) is 4.74 Å². The Kier molecular flexibility index (Phi) is 4.89. The summed E-state index contributed by atoms with van der Waals surface area (Å²) in [5.74, 6) is 0.570. The second-order valence-corrected chi connectivity index (χ2v) is 6.94. The summed E-state index contributed by atoms with van der Waals surface area (Å²) in [5.41, 5.74) is 3.80. The fourth-order valence-corrected chi connectivity index (χ4v) is 3.44. The first kappa shape index (κ1) is 18.9. The Morgan fingerprint density at radius 2 is 2.10 bits per heavy atom. The molecule has 4 rings (SSSR count). The molecule has 148 valence electrons. The highest BCUT2D eigenvalue weighted by Crippen LogP contribution is 2.28. The molecule has 0 aromatic carbocycles. The van der Waals surface area contributed by atoms with Gasteiger partial charge in [0.2, 0.25) is 0 Å². The van der Waals surface area contributed by atoms with Crippen LogP contribution in [0.3, 0.4) is 0 Å². The lowest BCUT2D eigenvalue weighted by Crippen LogP contribution is -2.25. The molecule has 0 atom stereocenters. The van der Waals surface area contributed by atoms with E-state index in [0.717, 1.165) is 16.6 Å². The Hall–Kier alpha value is -3.47. The molecule has 0 fully saturated rings. The zero-order valence-electron chi connectivity index (χ0n) is 15.3. The number of carbonyl (C=O) groups is 1. The number of pyridine rings is 1. The molecule has 4 aromatic rings. The first-order chi connectivity index (χ1) is 13.9. The maximum atomic E-state index is 13.2. The van der Waals surface area contributed by atoms with Crippen molar-refractivity contribution in [2.45, 2.75) is 20.3 Å². The number of hydrogen-bond acceptors (Lipinski definition) is 7. The van der Waals surface area contributed by atoms with Gasteiger partial charge in [-0.05, 0) is 19.9 Å². The molecule has 0 aliphatic rings. The molecule has 0 saturated carbocycles. The number of amides is 1. The van der Waals surface area contributed by atoms with Crippen molar-refractivity contribution in [2.24, 2.45) is 0 Å². The van der Waals surface area contributed by atoms with E-state index in [-0.39, 0.29) is 16.7 Å². The smallest absolute Gasteiger partial charge is 0.406 e. The molecular formula is C18H14F2N6O2S. The number of nitrogens with zero attached hydrogens (tertiary/aromatic N) is 5. The number of carbonyl (C=O) groups excluding carboxylic acids is 1. The van der Waals surface area contributed by atoms with Gasteiger partial charge in [0.25, 0.3) is 6.43 Å². The summed E-state index contributed by atoms with van der Waals surface area (Å²) < 4.78 is 32.8. The predicted molar refractivity (Wildman–Crippen MR) is 103 cm³/mol. The Bertz CT molecular complexity index is 1210. The van der Waals surface area contributed by atoms with Gasteiger partial charge in [-0.1, -0.05) is 0 Å². The minimum absolute atomic E-state index is 0.142. The third-order valence-electron chi connectivity index (χ3n) is 4.03. The van der Waals surface area contributed by atoms with Crippen LogP contribution in [0.5, 0.6) is 5.75 Å². The molecule has 0 radical (unpaired) electrons. The molecule has 8 nitrogen and oxygen atoms in total. The van der Waals surface area contributed by atoms with Crippen molar-refractivity contribution in [3.63, 3.8) is 0 Å². The molecule has 0 unspecified atom stereocenters. The van der Waals surface area contributed by atoms with Gasteiger partial charge >= 0.3 is 6.09 Å². The van der Waals surface area contributed by atoms with Gasteiger partial charge < -0.3 is 4.74 Å². The SMILES string of the molecule is Cc1csc(-c2ncc(OC(=O)Nn3cc(C(F)F)c4ccncc43)c(C)n2)n1. The van der Waals surface area contributed by atoms with Crippen LogP contribution in [-0.2, 0) is 0 Å². The van der Waals surface area contributed by atoms with E-state index in [2.05, 4.69) is 25.4 Å². The van der Waals surface area contributed by atoms with E-state index >= 15 is 0 Å². The van der Waals surface area contributed by atoms with Gasteiger partial charge in [0.1, 0.15) is 0 Å². The fraction of sp³-hybridized carbons (Fsp3) is 0.167. The monoisotopic (exact) mass is 416 g/mol. The van der Waals surface area contributed by atoms with E-state index in [0.29, 0.717) is 22.0 Å². The first-order valence-electron chi connectivity index (χ1n) is 8.40. The molecule has 0 bridgehead atoms. The lowest BCUT2D eigenvalue weighted by atomic mass is 10.2. The van der Waals surface area contributed by atoms with Crippen molar-refractivity contribution in [3.8, 4) is 16.6 Å². The van der Waals surface area contributed by atoms with Gasteiger partial charge in [-0.15, -0.1) is 11.3 Å². The van der Waals surface area contributed by atoms with Gasteiger partial charge in [-0.2, -0.15) is 0 Å². The topological polar surface area (TPSA) is 94.8 Å². The lowest BCUT2D eigenvalue weighted by molar-refractivity contribution is 0.153. The van der Waals surface area contributed by atoms with Crippen LogP contribution in [0.15, 0.2) is 36.2 Å². The van der Waals surface area contributed by atoms with Crippen molar-refractivity contribution in [1.82, 2.24) is 24.6 Å². The van der Waals surface area contributed by atoms with E-state index in [1.54, 1.807) is 6.92 Å². The number of halogens is 2. The highest BCUT2D eigenvalue weighted by Gasteiger charge is 2.18. The number of aromatic nitrogens is 5. The highest BCUT2D eigenvalue weighted by molar-refractivity contribution is 7.13. The number of nitrogens with one attached hydrogen (secondary N) is 1. The van der Waals surface area contributed by atoms with Crippen molar-refractivity contribution < 1.29 is 18.3 Å². The second-order valence-electron chi connectivity index (χ2n) is 6.09. The summed E-state index contributed by atoms with van der Waals surface area (Å²) >= 11 is 1.41. The van der Waals surface area contributed by atoms with Gasteiger partial charge in [-0.3, -0.25) is 9.66 Å². The van der Waals surface area contributed by atoms with Crippen LogP contribution < -0.4 is 10.2 Å². The van der Waals surface area contributed by atoms with E-state index in [1.807, 2.05) is 12.3 Å². The fourth-order valence-electron chi connectivity index (χ4n) is 2.70. The van der Waals surface area contributed by atoms with Crippen LogP contribution in [0.2, 0.25) is 0 Å². The minimum atomic E-state index is -2.70. The van der Waals surface area contributed by atoms with Crippen molar-refractivity contribution in [2.75, 3.05) is 5.43 Å².